The number of hydrogen-bond acceptors (Lipinski definition) is 3. The van der Waals surface area contributed by atoms with Crippen molar-refractivity contribution in [2.75, 3.05) is 13.2 Å². The van der Waals surface area contributed by atoms with Gasteiger partial charge in [0.2, 0.25) is 0 Å². The van der Waals surface area contributed by atoms with Crippen LogP contribution in [0.2, 0.25) is 0 Å². The molecular formula is C31H47NO2. The average Bonchev–Trinajstić information content (AvgIpc) is 2.89. The number of unbranched alkanes of at least 4 members (excludes halogenated alkanes) is 10. The summed E-state index contributed by atoms with van der Waals surface area (Å²) >= 11 is 0. The first kappa shape index (κ1) is 26.9. The zero-order valence-electron chi connectivity index (χ0n) is 21.8. The molecule has 0 amide bonds. The molecule has 0 N–H and O–H groups in total. The van der Waals surface area contributed by atoms with E-state index in [1.165, 1.54) is 101 Å². The van der Waals surface area contributed by atoms with Crippen LogP contribution in [-0.2, 0) is 15.9 Å². The lowest BCUT2D eigenvalue weighted by atomic mass is 10.0. The van der Waals surface area contributed by atoms with E-state index < -0.39 is 0 Å². The Labute approximate surface area is 208 Å². The van der Waals surface area contributed by atoms with Crippen molar-refractivity contribution in [3.63, 3.8) is 0 Å². The monoisotopic (exact) mass is 465 g/mol. The molecule has 3 nitrogen and oxygen atoms in total. The normalized spacial score (nSPS) is 18.3. The van der Waals surface area contributed by atoms with Gasteiger partial charge < -0.3 is 9.47 Å². The molecule has 1 aromatic carbocycles. The van der Waals surface area contributed by atoms with Gasteiger partial charge in [0, 0.05) is 23.2 Å². The molecule has 1 aromatic heterocycles. The van der Waals surface area contributed by atoms with Crippen LogP contribution in [0.1, 0.15) is 115 Å². The maximum atomic E-state index is 6.04. The summed E-state index contributed by atoms with van der Waals surface area (Å²) in [4.78, 5) is 4.70. The number of pyridine rings is 1. The molecule has 0 saturated carbocycles. The van der Waals surface area contributed by atoms with E-state index in [4.69, 9.17) is 14.5 Å². The van der Waals surface area contributed by atoms with Crippen LogP contribution in [0, 0.1) is 5.92 Å². The van der Waals surface area contributed by atoms with Crippen LogP contribution < -0.4 is 0 Å². The Morgan fingerprint density at radius 1 is 0.706 bits per heavy atom. The molecule has 0 radical (unpaired) electrons. The minimum Gasteiger partial charge on any atom is -0.348 e. The molecule has 1 fully saturated rings. The Kier molecular flexibility index (Phi) is 12.7. The van der Waals surface area contributed by atoms with Crippen molar-refractivity contribution < 1.29 is 9.47 Å². The van der Waals surface area contributed by atoms with Gasteiger partial charge in [-0.15, -0.1) is 0 Å². The van der Waals surface area contributed by atoms with Gasteiger partial charge >= 0.3 is 0 Å². The number of benzene rings is 1. The highest BCUT2D eigenvalue weighted by atomic mass is 16.7. The Bertz CT molecular complexity index is 763. The lowest BCUT2D eigenvalue weighted by Gasteiger charge is -2.29. The van der Waals surface area contributed by atoms with Crippen molar-refractivity contribution in [1.82, 2.24) is 4.98 Å². The zero-order chi connectivity index (χ0) is 23.8. The van der Waals surface area contributed by atoms with Crippen molar-refractivity contribution in [2.45, 2.75) is 110 Å². The summed E-state index contributed by atoms with van der Waals surface area (Å²) < 4.78 is 12.1. The third-order valence-electron chi connectivity index (χ3n) is 7.06. The molecule has 0 spiro atoms. The summed E-state index contributed by atoms with van der Waals surface area (Å²) in [7, 11) is 0. The van der Waals surface area contributed by atoms with Crippen LogP contribution in [0.25, 0.3) is 11.3 Å². The standard InChI is InChI=1S/C31H47NO2/c1-3-5-7-9-11-13-15-26-17-19-28(20-18-26)30-22-21-29(23-32-30)31-33-24-27(25-34-31)16-14-12-10-8-6-4-2/h17-23,27,31H,3-16,24-25H2,1-2H3. The highest BCUT2D eigenvalue weighted by Gasteiger charge is 2.23. The predicted octanol–water partition coefficient (Wildman–Crippen LogP) is 9.06. The van der Waals surface area contributed by atoms with E-state index in [1.54, 1.807) is 0 Å². The van der Waals surface area contributed by atoms with Gasteiger partial charge in [-0.3, -0.25) is 4.98 Å². The molecular weight excluding hydrogens is 418 g/mol. The van der Waals surface area contributed by atoms with Gasteiger partial charge in [-0.25, -0.2) is 0 Å². The first-order chi connectivity index (χ1) is 16.8. The lowest BCUT2D eigenvalue weighted by molar-refractivity contribution is -0.206. The Morgan fingerprint density at radius 2 is 1.32 bits per heavy atom. The number of rotatable bonds is 16. The fourth-order valence-corrected chi connectivity index (χ4v) is 4.78. The van der Waals surface area contributed by atoms with Crippen LogP contribution >= 0.6 is 0 Å². The van der Waals surface area contributed by atoms with E-state index in [-0.39, 0.29) is 6.29 Å². The van der Waals surface area contributed by atoms with Crippen molar-refractivity contribution in [1.29, 1.82) is 0 Å². The summed E-state index contributed by atoms with van der Waals surface area (Å²) in [6.07, 6.45) is 20.2. The van der Waals surface area contributed by atoms with Crippen molar-refractivity contribution >= 4 is 0 Å². The highest BCUT2D eigenvalue weighted by Crippen LogP contribution is 2.28. The molecule has 188 valence electrons. The highest BCUT2D eigenvalue weighted by molar-refractivity contribution is 5.59. The van der Waals surface area contributed by atoms with Crippen molar-refractivity contribution in [3.8, 4) is 11.3 Å². The minimum absolute atomic E-state index is 0.276. The van der Waals surface area contributed by atoms with Crippen molar-refractivity contribution in [3.05, 3.63) is 53.7 Å². The quantitative estimate of drug-likeness (QED) is 0.232. The lowest BCUT2D eigenvalue weighted by Crippen LogP contribution is -2.27. The molecule has 34 heavy (non-hydrogen) atoms. The maximum absolute atomic E-state index is 6.04. The van der Waals surface area contributed by atoms with Gasteiger partial charge in [-0.2, -0.15) is 0 Å². The molecule has 2 aromatic rings. The SMILES string of the molecule is CCCCCCCCc1ccc(-c2ccc(C3OCC(CCCCCCCC)CO3)cn2)cc1. The first-order valence-corrected chi connectivity index (χ1v) is 14.1. The summed E-state index contributed by atoms with van der Waals surface area (Å²) in [6.45, 7) is 6.13. The van der Waals surface area contributed by atoms with E-state index >= 15 is 0 Å². The van der Waals surface area contributed by atoms with Gasteiger partial charge in [0.1, 0.15) is 0 Å². The van der Waals surface area contributed by atoms with E-state index in [9.17, 15) is 0 Å². The number of aryl methyl sites for hydroxylation is 1. The molecule has 0 atom stereocenters. The average molecular weight is 466 g/mol. The van der Waals surface area contributed by atoms with Crippen LogP contribution in [-0.4, -0.2) is 18.2 Å². The Hall–Kier alpha value is -1.71. The van der Waals surface area contributed by atoms with Crippen LogP contribution in [0.3, 0.4) is 0 Å². The van der Waals surface area contributed by atoms with Gasteiger partial charge in [-0.05, 0) is 30.9 Å². The smallest absolute Gasteiger partial charge is 0.185 e. The topological polar surface area (TPSA) is 31.4 Å². The third kappa shape index (κ3) is 9.50. The minimum atomic E-state index is -0.276. The third-order valence-corrected chi connectivity index (χ3v) is 7.06. The fraction of sp³-hybridized carbons (Fsp3) is 0.645. The molecule has 1 aliphatic rings. The van der Waals surface area contributed by atoms with E-state index in [0.29, 0.717) is 5.92 Å². The summed E-state index contributed by atoms with van der Waals surface area (Å²) in [5, 5.41) is 0. The van der Waals surface area contributed by atoms with Gasteiger partial charge in [0.25, 0.3) is 0 Å². The fourth-order valence-electron chi connectivity index (χ4n) is 4.78. The molecule has 1 aliphatic heterocycles. The van der Waals surface area contributed by atoms with Crippen LogP contribution in [0.15, 0.2) is 42.6 Å². The second-order valence-corrected chi connectivity index (χ2v) is 10.1. The molecule has 3 rings (SSSR count). The predicted molar refractivity (Wildman–Crippen MR) is 143 cm³/mol. The van der Waals surface area contributed by atoms with E-state index in [0.717, 1.165) is 24.5 Å². The summed E-state index contributed by atoms with van der Waals surface area (Å²) in [6, 6.07) is 13.1. The Morgan fingerprint density at radius 3 is 1.94 bits per heavy atom. The van der Waals surface area contributed by atoms with Crippen molar-refractivity contribution in [2.24, 2.45) is 5.92 Å². The number of ether oxygens (including phenoxy) is 2. The number of hydrogen-bond donors (Lipinski definition) is 0. The number of aromatic nitrogens is 1. The molecule has 0 aliphatic carbocycles. The Balaban J connectivity index is 1.37. The van der Waals surface area contributed by atoms with Crippen LogP contribution in [0.4, 0.5) is 0 Å². The second-order valence-electron chi connectivity index (χ2n) is 10.1. The molecule has 0 bridgehead atoms. The molecule has 1 saturated heterocycles. The molecule has 3 heteroatoms. The summed E-state index contributed by atoms with van der Waals surface area (Å²) in [5.41, 5.74) is 4.62. The summed E-state index contributed by atoms with van der Waals surface area (Å²) in [5.74, 6) is 0.532. The largest absolute Gasteiger partial charge is 0.348 e. The maximum Gasteiger partial charge on any atom is 0.185 e. The van der Waals surface area contributed by atoms with Crippen LogP contribution in [0.5, 0.6) is 0 Å². The number of nitrogens with zero attached hydrogens (tertiary/aromatic N) is 1. The van der Waals surface area contributed by atoms with Gasteiger partial charge in [-0.1, -0.05) is 115 Å². The molecule has 0 unspecified atom stereocenters. The molecule has 2 heterocycles. The van der Waals surface area contributed by atoms with E-state index in [1.807, 2.05) is 6.20 Å². The second kappa shape index (κ2) is 16.1. The first-order valence-electron chi connectivity index (χ1n) is 14.1. The van der Waals surface area contributed by atoms with Gasteiger partial charge in [0.15, 0.2) is 6.29 Å². The van der Waals surface area contributed by atoms with E-state index in [2.05, 4.69) is 50.2 Å². The van der Waals surface area contributed by atoms with Gasteiger partial charge in [0.05, 0.1) is 18.9 Å². The zero-order valence-corrected chi connectivity index (χ0v) is 21.8.